The van der Waals surface area contributed by atoms with Gasteiger partial charge in [-0.25, -0.2) is 9.97 Å². The van der Waals surface area contributed by atoms with Gasteiger partial charge in [0.15, 0.2) is 0 Å². The van der Waals surface area contributed by atoms with Crippen LogP contribution in [0.4, 0.5) is 11.6 Å². The van der Waals surface area contributed by atoms with E-state index in [1.54, 1.807) is 0 Å². The quantitative estimate of drug-likeness (QED) is 0.819. The first-order valence-corrected chi connectivity index (χ1v) is 7.53. The zero-order valence-corrected chi connectivity index (χ0v) is 12.7. The van der Waals surface area contributed by atoms with Crippen molar-refractivity contribution in [2.24, 2.45) is 0 Å². The number of anilines is 2. The van der Waals surface area contributed by atoms with E-state index in [1.807, 2.05) is 7.05 Å². The fourth-order valence-electron chi connectivity index (χ4n) is 2.41. The van der Waals surface area contributed by atoms with Crippen molar-refractivity contribution >= 4 is 11.6 Å². The lowest BCUT2D eigenvalue weighted by Gasteiger charge is -2.26. The van der Waals surface area contributed by atoms with Gasteiger partial charge in [-0.2, -0.15) is 0 Å². The highest BCUT2D eigenvalue weighted by Gasteiger charge is 2.31. The van der Waals surface area contributed by atoms with Crippen molar-refractivity contribution in [2.75, 3.05) is 23.8 Å². The van der Waals surface area contributed by atoms with Gasteiger partial charge in [0.2, 0.25) is 0 Å². The van der Waals surface area contributed by atoms with Gasteiger partial charge in [-0.3, -0.25) is 0 Å². The van der Waals surface area contributed by atoms with Crippen molar-refractivity contribution in [1.82, 2.24) is 9.97 Å². The van der Waals surface area contributed by atoms with Crippen molar-refractivity contribution < 1.29 is 0 Å². The summed E-state index contributed by atoms with van der Waals surface area (Å²) in [5.74, 6) is 3.06. The molecule has 0 aromatic carbocycles. The van der Waals surface area contributed by atoms with E-state index in [0.717, 1.165) is 30.4 Å². The van der Waals surface area contributed by atoms with Gasteiger partial charge in [-0.1, -0.05) is 20.3 Å². The molecule has 0 amide bonds. The molecule has 0 unspecified atom stereocenters. The topological polar surface area (TPSA) is 41.1 Å². The molecule has 1 aliphatic rings. The number of hydrogen-bond donors (Lipinski definition) is 1. The molecule has 19 heavy (non-hydrogen) atoms. The number of unbranched alkanes of at least 4 members (excludes halogenated alkanes) is 1. The zero-order valence-electron chi connectivity index (χ0n) is 12.7. The second kappa shape index (κ2) is 6.22. The third-order valence-electron chi connectivity index (χ3n) is 3.73. The average molecular weight is 262 g/mol. The van der Waals surface area contributed by atoms with E-state index >= 15 is 0 Å². The van der Waals surface area contributed by atoms with E-state index < -0.39 is 0 Å². The molecule has 0 saturated heterocycles. The van der Waals surface area contributed by atoms with Crippen LogP contribution in [-0.2, 0) is 6.42 Å². The molecule has 1 aliphatic carbocycles. The SMILES string of the molecule is CCCCN(c1nc(CC)nc(NC)c1C)C1CC1. The number of rotatable bonds is 7. The molecule has 0 atom stereocenters. The molecule has 0 bridgehead atoms. The highest BCUT2D eigenvalue weighted by Crippen LogP contribution is 2.34. The van der Waals surface area contributed by atoms with Crippen LogP contribution in [0.5, 0.6) is 0 Å². The molecule has 106 valence electrons. The van der Waals surface area contributed by atoms with E-state index in [-0.39, 0.29) is 0 Å². The Kier molecular flexibility index (Phi) is 4.61. The van der Waals surface area contributed by atoms with Gasteiger partial charge < -0.3 is 10.2 Å². The monoisotopic (exact) mass is 262 g/mol. The van der Waals surface area contributed by atoms with E-state index in [0.29, 0.717) is 6.04 Å². The summed E-state index contributed by atoms with van der Waals surface area (Å²) in [7, 11) is 1.94. The number of hydrogen-bond acceptors (Lipinski definition) is 4. The first-order valence-electron chi connectivity index (χ1n) is 7.53. The van der Waals surface area contributed by atoms with Crippen LogP contribution in [0.25, 0.3) is 0 Å². The van der Waals surface area contributed by atoms with E-state index in [1.165, 1.54) is 31.2 Å². The Morgan fingerprint density at radius 3 is 2.53 bits per heavy atom. The minimum Gasteiger partial charge on any atom is -0.373 e. The Morgan fingerprint density at radius 1 is 1.26 bits per heavy atom. The van der Waals surface area contributed by atoms with E-state index in [4.69, 9.17) is 4.98 Å². The van der Waals surface area contributed by atoms with Gasteiger partial charge in [0.1, 0.15) is 17.5 Å². The molecule has 2 rings (SSSR count). The van der Waals surface area contributed by atoms with Crippen LogP contribution in [0.2, 0.25) is 0 Å². The summed E-state index contributed by atoms with van der Waals surface area (Å²) in [4.78, 5) is 11.9. The van der Waals surface area contributed by atoms with Gasteiger partial charge in [-0.05, 0) is 26.2 Å². The molecule has 1 saturated carbocycles. The summed E-state index contributed by atoms with van der Waals surface area (Å²) in [5.41, 5.74) is 1.18. The summed E-state index contributed by atoms with van der Waals surface area (Å²) in [6.07, 6.45) is 5.96. The van der Waals surface area contributed by atoms with Gasteiger partial charge in [0, 0.05) is 31.6 Å². The predicted octanol–water partition coefficient (Wildman–Crippen LogP) is 3.16. The molecular weight excluding hydrogens is 236 g/mol. The van der Waals surface area contributed by atoms with Crippen LogP contribution in [0, 0.1) is 6.92 Å². The summed E-state index contributed by atoms with van der Waals surface area (Å²) >= 11 is 0. The average Bonchev–Trinajstić information content (AvgIpc) is 3.25. The second-order valence-corrected chi connectivity index (χ2v) is 5.32. The van der Waals surface area contributed by atoms with Gasteiger partial charge >= 0.3 is 0 Å². The molecule has 4 heteroatoms. The first kappa shape index (κ1) is 14.1. The third kappa shape index (κ3) is 3.17. The maximum Gasteiger partial charge on any atom is 0.137 e. The molecule has 0 radical (unpaired) electrons. The fraction of sp³-hybridized carbons (Fsp3) is 0.733. The Labute approximate surface area is 116 Å². The largest absolute Gasteiger partial charge is 0.373 e. The van der Waals surface area contributed by atoms with Crippen molar-refractivity contribution in [1.29, 1.82) is 0 Å². The zero-order chi connectivity index (χ0) is 13.8. The standard InChI is InChI=1S/C15H26N4/c1-5-7-10-19(12-8-9-12)15-11(3)14(16-4)17-13(6-2)18-15/h12H,5-10H2,1-4H3,(H,16,17,18). The Bertz CT molecular complexity index is 426. The smallest absolute Gasteiger partial charge is 0.137 e. The van der Waals surface area contributed by atoms with Gasteiger partial charge in [-0.15, -0.1) is 0 Å². The number of aryl methyl sites for hydroxylation is 1. The highest BCUT2D eigenvalue weighted by atomic mass is 15.2. The molecule has 1 fully saturated rings. The highest BCUT2D eigenvalue weighted by molar-refractivity contribution is 5.59. The third-order valence-corrected chi connectivity index (χ3v) is 3.73. The van der Waals surface area contributed by atoms with Crippen LogP contribution >= 0.6 is 0 Å². The Balaban J connectivity index is 2.33. The van der Waals surface area contributed by atoms with Crippen molar-refractivity contribution in [3.63, 3.8) is 0 Å². The molecule has 0 spiro atoms. The fourth-order valence-corrected chi connectivity index (χ4v) is 2.41. The maximum absolute atomic E-state index is 4.79. The van der Waals surface area contributed by atoms with Gasteiger partial charge in [0.05, 0.1) is 0 Å². The predicted molar refractivity (Wildman–Crippen MR) is 81.0 cm³/mol. The van der Waals surface area contributed by atoms with Crippen LogP contribution in [0.15, 0.2) is 0 Å². The second-order valence-electron chi connectivity index (χ2n) is 5.32. The van der Waals surface area contributed by atoms with Crippen LogP contribution in [0.3, 0.4) is 0 Å². The van der Waals surface area contributed by atoms with E-state index in [9.17, 15) is 0 Å². The summed E-state index contributed by atoms with van der Waals surface area (Å²) in [6.45, 7) is 7.60. The lowest BCUT2D eigenvalue weighted by molar-refractivity contribution is 0.697. The van der Waals surface area contributed by atoms with Crippen LogP contribution in [-0.4, -0.2) is 29.6 Å². The Hall–Kier alpha value is -1.32. The van der Waals surface area contributed by atoms with Crippen molar-refractivity contribution in [3.05, 3.63) is 11.4 Å². The molecule has 0 aliphatic heterocycles. The van der Waals surface area contributed by atoms with Gasteiger partial charge in [0.25, 0.3) is 0 Å². The molecule has 1 aromatic heterocycles. The molecule has 1 heterocycles. The van der Waals surface area contributed by atoms with Crippen LogP contribution in [0.1, 0.15) is 50.9 Å². The Morgan fingerprint density at radius 2 is 2.00 bits per heavy atom. The molecule has 1 N–H and O–H groups in total. The minimum absolute atomic E-state index is 0.703. The minimum atomic E-state index is 0.703. The van der Waals surface area contributed by atoms with Crippen LogP contribution < -0.4 is 10.2 Å². The molecule has 1 aromatic rings. The lowest BCUT2D eigenvalue weighted by atomic mass is 10.2. The van der Waals surface area contributed by atoms with Crippen molar-refractivity contribution in [2.45, 2.75) is 58.9 Å². The summed E-state index contributed by atoms with van der Waals surface area (Å²) in [5, 5.41) is 3.20. The number of aromatic nitrogens is 2. The normalized spacial score (nSPS) is 14.5. The van der Waals surface area contributed by atoms with Crippen molar-refractivity contribution in [3.8, 4) is 0 Å². The summed E-state index contributed by atoms with van der Waals surface area (Å²) in [6, 6.07) is 0.703. The lowest BCUT2D eigenvalue weighted by Crippen LogP contribution is -2.29. The van der Waals surface area contributed by atoms with E-state index in [2.05, 4.69) is 36.0 Å². The molecular formula is C15H26N4. The first-order chi connectivity index (χ1) is 9.21. The maximum atomic E-state index is 4.79. The summed E-state index contributed by atoms with van der Waals surface area (Å²) < 4.78 is 0. The number of nitrogens with zero attached hydrogens (tertiary/aromatic N) is 3. The molecule has 4 nitrogen and oxygen atoms in total. The number of nitrogens with one attached hydrogen (secondary N) is 1.